The van der Waals surface area contributed by atoms with Crippen molar-refractivity contribution in [1.29, 1.82) is 0 Å². The van der Waals surface area contributed by atoms with Gasteiger partial charge in [-0.05, 0) is 30.3 Å². The van der Waals surface area contributed by atoms with Gasteiger partial charge in [-0.2, -0.15) is 0 Å². The lowest BCUT2D eigenvalue weighted by molar-refractivity contribution is 0.305. The second-order valence-electron chi connectivity index (χ2n) is 6.61. The maximum atomic E-state index is 9.68. The SMILES string of the molecule is COc1cc(OC)cc(N(CCO)c2ccc3ncc(-c4ccncc4)nc3c2)c1. The number of pyridine rings is 1. The third kappa shape index (κ3) is 4.01. The zero-order valence-electron chi connectivity index (χ0n) is 16.8. The highest BCUT2D eigenvalue weighted by Gasteiger charge is 2.14. The van der Waals surface area contributed by atoms with Gasteiger partial charge in [-0.1, -0.05) is 0 Å². The molecule has 0 amide bonds. The lowest BCUT2D eigenvalue weighted by Crippen LogP contribution is -2.21. The average molecular weight is 402 g/mol. The minimum atomic E-state index is -0.0136. The van der Waals surface area contributed by atoms with Crippen LogP contribution in [-0.4, -0.2) is 47.4 Å². The molecule has 0 saturated heterocycles. The monoisotopic (exact) mass is 402 g/mol. The van der Waals surface area contributed by atoms with E-state index < -0.39 is 0 Å². The number of anilines is 2. The number of aliphatic hydroxyl groups excluding tert-OH is 1. The van der Waals surface area contributed by atoms with Crippen molar-refractivity contribution in [2.24, 2.45) is 0 Å². The van der Waals surface area contributed by atoms with Gasteiger partial charge in [0.1, 0.15) is 11.5 Å². The van der Waals surface area contributed by atoms with Crippen LogP contribution in [0.25, 0.3) is 22.3 Å². The number of methoxy groups -OCH3 is 2. The Morgan fingerprint density at radius 3 is 2.27 bits per heavy atom. The lowest BCUT2D eigenvalue weighted by atomic mass is 10.1. The Morgan fingerprint density at radius 1 is 0.867 bits per heavy atom. The molecule has 0 bridgehead atoms. The van der Waals surface area contributed by atoms with E-state index in [1.165, 1.54) is 0 Å². The number of rotatable bonds is 7. The number of fused-ring (bicyclic) bond motifs is 1. The largest absolute Gasteiger partial charge is 0.497 e. The molecule has 0 fully saturated rings. The number of benzene rings is 2. The summed E-state index contributed by atoms with van der Waals surface area (Å²) in [5, 5.41) is 9.68. The van der Waals surface area contributed by atoms with Crippen molar-refractivity contribution < 1.29 is 14.6 Å². The molecule has 30 heavy (non-hydrogen) atoms. The van der Waals surface area contributed by atoms with Gasteiger partial charge in [0.15, 0.2) is 0 Å². The van der Waals surface area contributed by atoms with E-state index in [4.69, 9.17) is 14.5 Å². The van der Waals surface area contributed by atoms with Crippen LogP contribution in [0.15, 0.2) is 67.1 Å². The van der Waals surface area contributed by atoms with E-state index in [1.807, 2.05) is 53.4 Å². The van der Waals surface area contributed by atoms with Crippen LogP contribution in [0.2, 0.25) is 0 Å². The molecule has 0 spiro atoms. The number of hydrogen-bond acceptors (Lipinski definition) is 7. The Hall–Kier alpha value is -3.71. The van der Waals surface area contributed by atoms with Gasteiger partial charge < -0.3 is 19.5 Å². The fourth-order valence-electron chi connectivity index (χ4n) is 3.29. The van der Waals surface area contributed by atoms with Crippen molar-refractivity contribution in [2.45, 2.75) is 0 Å². The van der Waals surface area contributed by atoms with Crippen molar-refractivity contribution in [3.63, 3.8) is 0 Å². The van der Waals surface area contributed by atoms with E-state index in [1.54, 1.807) is 32.8 Å². The van der Waals surface area contributed by atoms with Crippen molar-refractivity contribution in [3.05, 3.63) is 67.1 Å². The molecule has 0 radical (unpaired) electrons. The molecule has 2 aromatic heterocycles. The first-order valence-electron chi connectivity index (χ1n) is 9.50. The molecule has 4 rings (SSSR count). The molecule has 1 N–H and O–H groups in total. The van der Waals surface area contributed by atoms with Crippen molar-refractivity contribution >= 4 is 22.4 Å². The van der Waals surface area contributed by atoms with E-state index in [0.717, 1.165) is 33.7 Å². The van der Waals surface area contributed by atoms with Gasteiger partial charge in [0.25, 0.3) is 0 Å². The van der Waals surface area contributed by atoms with E-state index >= 15 is 0 Å². The van der Waals surface area contributed by atoms with Crippen LogP contribution in [0.3, 0.4) is 0 Å². The first kappa shape index (κ1) is 19.6. The second-order valence-corrected chi connectivity index (χ2v) is 6.61. The molecule has 0 aliphatic rings. The molecule has 0 unspecified atom stereocenters. The third-order valence-corrected chi connectivity index (χ3v) is 4.79. The van der Waals surface area contributed by atoms with Crippen molar-refractivity contribution in [1.82, 2.24) is 15.0 Å². The standard InChI is InChI=1S/C23H22N4O3/c1-29-19-11-18(12-20(14-19)30-2)27(9-10-28)17-3-4-21-22(13-17)26-23(15-25-21)16-5-7-24-8-6-16/h3-8,11-15,28H,9-10H2,1-2H3. The minimum absolute atomic E-state index is 0.0136. The molecule has 4 aromatic rings. The molecule has 7 nitrogen and oxygen atoms in total. The number of aliphatic hydroxyl groups is 1. The fraction of sp³-hybridized carbons (Fsp3) is 0.174. The molecule has 2 heterocycles. The Balaban J connectivity index is 1.79. The van der Waals surface area contributed by atoms with E-state index in [0.29, 0.717) is 18.0 Å². The molecule has 0 aliphatic carbocycles. The lowest BCUT2D eigenvalue weighted by Gasteiger charge is -2.25. The summed E-state index contributed by atoms with van der Waals surface area (Å²) in [6.07, 6.45) is 5.23. The molecule has 0 aliphatic heterocycles. The Morgan fingerprint density at radius 2 is 1.60 bits per heavy atom. The van der Waals surface area contributed by atoms with Gasteiger partial charge in [-0.3, -0.25) is 9.97 Å². The van der Waals surface area contributed by atoms with E-state index in [-0.39, 0.29) is 6.61 Å². The maximum Gasteiger partial charge on any atom is 0.124 e. The zero-order valence-corrected chi connectivity index (χ0v) is 16.8. The second kappa shape index (κ2) is 8.75. The van der Waals surface area contributed by atoms with Crippen LogP contribution in [0.1, 0.15) is 0 Å². The summed E-state index contributed by atoms with van der Waals surface area (Å²) in [6, 6.07) is 15.3. The molecular weight excluding hydrogens is 380 g/mol. The molecule has 152 valence electrons. The molecule has 0 atom stereocenters. The minimum Gasteiger partial charge on any atom is -0.497 e. The van der Waals surface area contributed by atoms with Gasteiger partial charge >= 0.3 is 0 Å². The van der Waals surface area contributed by atoms with Crippen LogP contribution in [0.5, 0.6) is 11.5 Å². The summed E-state index contributed by atoms with van der Waals surface area (Å²) in [7, 11) is 3.22. The predicted octanol–water partition coefficient (Wildman–Crippen LogP) is 3.84. The summed E-state index contributed by atoms with van der Waals surface area (Å²) < 4.78 is 10.8. The quantitative estimate of drug-likeness (QED) is 0.503. The smallest absolute Gasteiger partial charge is 0.124 e. The Labute approximate surface area is 174 Å². The average Bonchev–Trinajstić information content (AvgIpc) is 2.82. The van der Waals surface area contributed by atoms with Crippen LogP contribution in [0, 0.1) is 0 Å². The first-order chi connectivity index (χ1) is 14.7. The van der Waals surface area contributed by atoms with E-state index in [2.05, 4.69) is 9.97 Å². The van der Waals surface area contributed by atoms with Crippen LogP contribution >= 0.6 is 0 Å². The molecule has 0 saturated carbocycles. The van der Waals surface area contributed by atoms with Gasteiger partial charge in [0.05, 0.1) is 43.8 Å². The number of nitrogens with zero attached hydrogens (tertiary/aromatic N) is 4. The van der Waals surface area contributed by atoms with Crippen LogP contribution < -0.4 is 14.4 Å². The fourth-order valence-corrected chi connectivity index (χ4v) is 3.29. The predicted molar refractivity (Wildman–Crippen MR) is 116 cm³/mol. The first-order valence-corrected chi connectivity index (χ1v) is 9.50. The number of hydrogen-bond donors (Lipinski definition) is 1. The number of ether oxygens (including phenoxy) is 2. The highest BCUT2D eigenvalue weighted by Crippen LogP contribution is 2.33. The van der Waals surface area contributed by atoms with Crippen molar-refractivity contribution in [3.8, 4) is 22.8 Å². The van der Waals surface area contributed by atoms with Gasteiger partial charge in [-0.15, -0.1) is 0 Å². The van der Waals surface area contributed by atoms with Crippen molar-refractivity contribution in [2.75, 3.05) is 32.3 Å². The molecular formula is C23H22N4O3. The summed E-state index contributed by atoms with van der Waals surface area (Å²) in [6.45, 7) is 0.388. The summed E-state index contributed by atoms with van der Waals surface area (Å²) >= 11 is 0. The third-order valence-electron chi connectivity index (χ3n) is 4.79. The van der Waals surface area contributed by atoms with Gasteiger partial charge in [0, 0.05) is 54.1 Å². The number of aromatic nitrogens is 3. The normalized spacial score (nSPS) is 10.8. The van der Waals surface area contributed by atoms with E-state index in [9.17, 15) is 5.11 Å². The topological polar surface area (TPSA) is 80.6 Å². The molecule has 2 aromatic carbocycles. The summed E-state index contributed by atoms with van der Waals surface area (Å²) in [5.74, 6) is 1.35. The van der Waals surface area contributed by atoms with Gasteiger partial charge in [0.2, 0.25) is 0 Å². The zero-order chi connectivity index (χ0) is 20.9. The Bertz CT molecular complexity index is 1130. The van der Waals surface area contributed by atoms with Crippen LogP contribution in [-0.2, 0) is 0 Å². The maximum absolute atomic E-state index is 9.68. The summed E-state index contributed by atoms with van der Waals surface area (Å²) in [5.41, 5.74) is 5.02. The highest BCUT2D eigenvalue weighted by molar-refractivity contribution is 5.82. The van der Waals surface area contributed by atoms with Gasteiger partial charge in [-0.25, -0.2) is 4.98 Å². The highest BCUT2D eigenvalue weighted by atomic mass is 16.5. The Kier molecular flexibility index (Phi) is 5.72. The summed E-state index contributed by atoms with van der Waals surface area (Å²) in [4.78, 5) is 15.4. The van der Waals surface area contributed by atoms with Crippen LogP contribution in [0.4, 0.5) is 11.4 Å². The molecule has 7 heteroatoms.